The van der Waals surface area contributed by atoms with Gasteiger partial charge in [0.15, 0.2) is 0 Å². The molecule has 0 heterocycles. The summed E-state index contributed by atoms with van der Waals surface area (Å²) in [5.41, 5.74) is 0. The number of hydrogen-bond acceptors (Lipinski definition) is 1. The largest absolute Gasteiger partial charge is 0.396 e. The fourth-order valence-electron chi connectivity index (χ4n) is 1.10. The summed E-state index contributed by atoms with van der Waals surface area (Å²) in [4.78, 5) is 0. The summed E-state index contributed by atoms with van der Waals surface area (Å²) >= 11 is 0. The molecule has 0 rings (SSSR count). The summed E-state index contributed by atoms with van der Waals surface area (Å²) in [5, 5.41) is 8.92. The molecule has 62 valence electrons. The molecule has 0 bridgehead atoms. The molecule has 0 aromatic heterocycles. The van der Waals surface area contributed by atoms with Crippen LogP contribution in [0.15, 0.2) is 0 Å². The molecule has 1 atom stereocenters. The van der Waals surface area contributed by atoms with Crippen molar-refractivity contribution in [1.29, 1.82) is 0 Å². The molecule has 0 amide bonds. The highest BCUT2D eigenvalue weighted by molar-refractivity contribution is 4.60. The summed E-state index contributed by atoms with van der Waals surface area (Å²) in [6, 6.07) is 0. The van der Waals surface area contributed by atoms with E-state index >= 15 is 0 Å². The van der Waals surface area contributed by atoms with Gasteiger partial charge in [-0.2, -0.15) is 0 Å². The van der Waals surface area contributed by atoms with Crippen LogP contribution in [0.5, 0.6) is 0 Å². The minimum absolute atomic E-state index is 0.359. The number of aliphatic hydroxyl groups excluding tert-OH is 1. The molecule has 1 heteroatoms. The Morgan fingerprint density at radius 1 is 1.30 bits per heavy atom. The zero-order valence-electron chi connectivity index (χ0n) is 7.43. The number of aliphatic hydroxyl groups is 1. The Hall–Kier alpha value is -0.0400. The van der Waals surface area contributed by atoms with E-state index in [9.17, 15) is 0 Å². The van der Waals surface area contributed by atoms with Gasteiger partial charge in [-0.05, 0) is 18.3 Å². The zero-order valence-corrected chi connectivity index (χ0v) is 7.43. The van der Waals surface area contributed by atoms with Crippen LogP contribution in [-0.4, -0.2) is 11.7 Å². The first-order valence-corrected chi connectivity index (χ1v) is 4.33. The molecular formula is C9H20O. The lowest BCUT2D eigenvalue weighted by Gasteiger charge is -2.16. The molecule has 0 radical (unpaired) electrons. The first-order valence-electron chi connectivity index (χ1n) is 4.33. The third kappa shape index (κ3) is 3.89. The van der Waals surface area contributed by atoms with E-state index in [2.05, 4.69) is 20.8 Å². The molecule has 10 heavy (non-hydrogen) atoms. The lowest BCUT2D eigenvalue weighted by atomic mass is 9.92. The quantitative estimate of drug-likeness (QED) is 0.628. The van der Waals surface area contributed by atoms with Crippen LogP contribution in [0.1, 0.15) is 40.0 Å². The second kappa shape index (κ2) is 5.72. The normalized spacial score (nSPS) is 14.1. The smallest absolute Gasteiger partial charge is 0.0461 e. The summed E-state index contributed by atoms with van der Waals surface area (Å²) in [6.45, 7) is 6.90. The molecule has 0 aromatic carbocycles. The monoisotopic (exact) mass is 144 g/mol. The van der Waals surface area contributed by atoms with Gasteiger partial charge >= 0.3 is 0 Å². The average molecular weight is 144 g/mol. The van der Waals surface area contributed by atoms with Gasteiger partial charge in [-0.15, -0.1) is 0 Å². The van der Waals surface area contributed by atoms with Crippen LogP contribution in [-0.2, 0) is 0 Å². The number of hydrogen-bond donors (Lipinski definition) is 1. The lowest BCUT2D eigenvalue weighted by Crippen LogP contribution is -2.12. The van der Waals surface area contributed by atoms with Crippen molar-refractivity contribution in [2.24, 2.45) is 11.8 Å². The zero-order chi connectivity index (χ0) is 7.98. The minimum atomic E-state index is 0.359. The summed E-state index contributed by atoms with van der Waals surface area (Å²) in [6.07, 6.45) is 3.68. The van der Waals surface area contributed by atoms with E-state index in [4.69, 9.17) is 5.11 Å². The maximum absolute atomic E-state index is 8.92. The van der Waals surface area contributed by atoms with Crippen LogP contribution in [0.3, 0.4) is 0 Å². The molecule has 0 saturated carbocycles. The van der Waals surface area contributed by atoms with Gasteiger partial charge in [0.05, 0.1) is 0 Å². The van der Waals surface area contributed by atoms with Crippen molar-refractivity contribution in [3.05, 3.63) is 0 Å². The molecule has 0 aliphatic heterocycles. The van der Waals surface area contributed by atoms with Gasteiger partial charge in [0.2, 0.25) is 0 Å². The van der Waals surface area contributed by atoms with Gasteiger partial charge in [0.25, 0.3) is 0 Å². The van der Waals surface area contributed by atoms with E-state index < -0.39 is 0 Å². The molecule has 0 saturated heterocycles. The minimum Gasteiger partial charge on any atom is -0.396 e. The average Bonchev–Trinajstić information content (AvgIpc) is 1.89. The van der Waals surface area contributed by atoms with Crippen LogP contribution in [0, 0.1) is 11.8 Å². The van der Waals surface area contributed by atoms with Crippen LogP contribution in [0.2, 0.25) is 0 Å². The number of unbranched alkanes of at least 4 members (excludes halogenated alkanes) is 1. The van der Waals surface area contributed by atoms with Crippen molar-refractivity contribution < 1.29 is 5.11 Å². The second-order valence-electron chi connectivity index (χ2n) is 3.33. The Balaban J connectivity index is 3.40. The Labute approximate surface area is 64.5 Å². The van der Waals surface area contributed by atoms with Crippen molar-refractivity contribution >= 4 is 0 Å². The lowest BCUT2D eigenvalue weighted by molar-refractivity contribution is 0.179. The van der Waals surface area contributed by atoms with Crippen molar-refractivity contribution in [2.75, 3.05) is 6.61 Å². The van der Waals surface area contributed by atoms with Crippen molar-refractivity contribution in [2.45, 2.75) is 40.0 Å². The molecule has 1 nitrogen and oxygen atoms in total. The van der Waals surface area contributed by atoms with Gasteiger partial charge in [-0.1, -0.05) is 33.6 Å². The molecule has 0 aromatic rings. The highest BCUT2D eigenvalue weighted by Crippen LogP contribution is 2.16. The van der Waals surface area contributed by atoms with E-state index in [1.165, 1.54) is 19.3 Å². The van der Waals surface area contributed by atoms with Crippen molar-refractivity contribution in [3.63, 3.8) is 0 Å². The fraction of sp³-hybridized carbons (Fsp3) is 1.00. The Morgan fingerprint density at radius 3 is 2.20 bits per heavy atom. The van der Waals surface area contributed by atoms with E-state index in [-0.39, 0.29) is 0 Å². The molecule has 0 aliphatic carbocycles. The fourth-order valence-corrected chi connectivity index (χ4v) is 1.10. The van der Waals surface area contributed by atoms with E-state index in [1.54, 1.807) is 0 Å². The van der Waals surface area contributed by atoms with Gasteiger partial charge in [-0.3, -0.25) is 0 Å². The van der Waals surface area contributed by atoms with Crippen molar-refractivity contribution in [3.8, 4) is 0 Å². The predicted molar refractivity (Wildman–Crippen MR) is 44.9 cm³/mol. The summed E-state index contributed by atoms with van der Waals surface area (Å²) in [5.74, 6) is 1.16. The summed E-state index contributed by atoms with van der Waals surface area (Å²) in [7, 11) is 0. The third-order valence-corrected chi connectivity index (χ3v) is 2.11. The van der Waals surface area contributed by atoms with Crippen LogP contribution >= 0.6 is 0 Å². The van der Waals surface area contributed by atoms with Crippen LogP contribution < -0.4 is 0 Å². The van der Waals surface area contributed by atoms with Gasteiger partial charge in [0.1, 0.15) is 0 Å². The maximum Gasteiger partial charge on any atom is 0.0461 e. The molecule has 0 spiro atoms. The standard InChI is InChI=1S/C9H20O/c1-4-5-6-9(7-10)8(2)3/h8-10H,4-7H2,1-3H3/t9-/m1/s1. The summed E-state index contributed by atoms with van der Waals surface area (Å²) < 4.78 is 0. The van der Waals surface area contributed by atoms with Gasteiger partial charge in [-0.25, -0.2) is 0 Å². The molecular weight excluding hydrogens is 124 g/mol. The SMILES string of the molecule is CCCC[C@H](CO)C(C)C. The Kier molecular flexibility index (Phi) is 5.70. The highest BCUT2D eigenvalue weighted by atomic mass is 16.3. The van der Waals surface area contributed by atoms with Crippen molar-refractivity contribution in [1.82, 2.24) is 0 Å². The number of rotatable bonds is 5. The van der Waals surface area contributed by atoms with Gasteiger partial charge < -0.3 is 5.11 Å². The molecule has 1 N–H and O–H groups in total. The van der Waals surface area contributed by atoms with E-state index in [0.717, 1.165) is 0 Å². The van der Waals surface area contributed by atoms with Crippen LogP contribution in [0.25, 0.3) is 0 Å². The first kappa shape index (κ1) is 9.96. The van der Waals surface area contributed by atoms with E-state index in [0.29, 0.717) is 18.4 Å². The highest BCUT2D eigenvalue weighted by Gasteiger charge is 2.10. The van der Waals surface area contributed by atoms with Crippen LogP contribution in [0.4, 0.5) is 0 Å². The molecule has 0 unspecified atom stereocenters. The third-order valence-electron chi connectivity index (χ3n) is 2.11. The molecule has 0 fully saturated rings. The second-order valence-corrected chi connectivity index (χ2v) is 3.33. The topological polar surface area (TPSA) is 20.2 Å². The predicted octanol–water partition coefficient (Wildman–Crippen LogP) is 2.44. The van der Waals surface area contributed by atoms with E-state index in [1.807, 2.05) is 0 Å². The first-order chi connectivity index (χ1) is 4.72. The Morgan fingerprint density at radius 2 is 1.90 bits per heavy atom. The van der Waals surface area contributed by atoms with Gasteiger partial charge in [0, 0.05) is 6.61 Å². The Bertz CT molecular complexity index is 69.1. The molecule has 0 aliphatic rings. The maximum atomic E-state index is 8.92.